The topological polar surface area (TPSA) is 12.9 Å². The highest BCUT2D eigenvalue weighted by Crippen LogP contribution is 2.44. The van der Waals surface area contributed by atoms with E-state index in [4.69, 9.17) is 0 Å². The van der Waals surface area contributed by atoms with Crippen molar-refractivity contribution in [3.8, 4) is 0 Å². The highest BCUT2D eigenvalue weighted by molar-refractivity contribution is 8.19. The van der Waals surface area contributed by atoms with E-state index in [0.717, 1.165) is 0 Å². The zero-order valence-electron chi connectivity index (χ0n) is 6.06. The number of hydrogen-bond acceptors (Lipinski definition) is 3. The molecule has 11 heavy (non-hydrogen) atoms. The Bertz CT molecular complexity index is 219. The zero-order valence-corrected chi connectivity index (χ0v) is 7.70. The fraction of sp³-hybridized carbons (Fsp3) is 0.375. The third kappa shape index (κ3) is 1.71. The molecular formula is C8H9NS2. The van der Waals surface area contributed by atoms with Gasteiger partial charge in [0, 0.05) is 17.7 Å². The Hall–Kier alpha value is -0.150. The van der Waals surface area contributed by atoms with Crippen LogP contribution in [0.4, 0.5) is 0 Å². The van der Waals surface area contributed by atoms with Crippen molar-refractivity contribution in [2.24, 2.45) is 0 Å². The average molecular weight is 183 g/mol. The maximum atomic E-state index is 4.32. The summed E-state index contributed by atoms with van der Waals surface area (Å²) in [5.41, 5.74) is 1.22. The largest absolute Gasteiger partial charge is 0.259 e. The lowest BCUT2D eigenvalue weighted by molar-refractivity contribution is 1.17. The fourth-order valence-electron chi connectivity index (χ4n) is 1.04. The van der Waals surface area contributed by atoms with Gasteiger partial charge in [-0.05, 0) is 12.1 Å². The summed E-state index contributed by atoms with van der Waals surface area (Å²) >= 11 is 3.99. The van der Waals surface area contributed by atoms with E-state index in [2.05, 4.69) is 17.1 Å². The lowest BCUT2D eigenvalue weighted by Gasteiger charge is -2.04. The second-order valence-corrected chi connectivity index (χ2v) is 5.05. The molecular weight excluding hydrogens is 174 g/mol. The highest BCUT2D eigenvalue weighted by Gasteiger charge is 2.18. The van der Waals surface area contributed by atoms with Gasteiger partial charge in [0.1, 0.15) is 0 Å². The van der Waals surface area contributed by atoms with Crippen molar-refractivity contribution in [2.75, 3.05) is 11.5 Å². The molecule has 2 heterocycles. The van der Waals surface area contributed by atoms with Gasteiger partial charge >= 0.3 is 0 Å². The molecule has 1 aliphatic heterocycles. The molecule has 1 aliphatic rings. The number of rotatable bonds is 1. The molecule has 1 aromatic rings. The molecule has 0 unspecified atom stereocenters. The molecule has 3 heteroatoms. The second-order valence-electron chi connectivity index (χ2n) is 2.33. The maximum absolute atomic E-state index is 4.32. The van der Waals surface area contributed by atoms with Crippen LogP contribution < -0.4 is 0 Å². The Kier molecular flexibility index (Phi) is 2.38. The monoisotopic (exact) mass is 183 g/mol. The van der Waals surface area contributed by atoms with Gasteiger partial charge in [-0.2, -0.15) is 0 Å². The summed E-state index contributed by atoms with van der Waals surface area (Å²) < 4.78 is 0.594. The fourth-order valence-corrected chi connectivity index (χ4v) is 3.83. The van der Waals surface area contributed by atoms with Crippen LogP contribution in [0.15, 0.2) is 24.4 Å². The molecule has 1 fully saturated rings. The average Bonchev–Trinajstić information content (AvgIpc) is 2.58. The number of thioether (sulfide) groups is 2. The first kappa shape index (κ1) is 7.50. The van der Waals surface area contributed by atoms with Crippen LogP contribution in [0.3, 0.4) is 0 Å². The number of nitrogens with zero attached hydrogens (tertiary/aromatic N) is 1. The van der Waals surface area contributed by atoms with E-state index < -0.39 is 0 Å². The zero-order chi connectivity index (χ0) is 7.52. The highest BCUT2D eigenvalue weighted by atomic mass is 32.2. The normalized spacial score (nSPS) is 18.9. The second kappa shape index (κ2) is 3.50. The van der Waals surface area contributed by atoms with Crippen LogP contribution in [0, 0.1) is 0 Å². The number of aromatic nitrogens is 1. The van der Waals surface area contributed by atoms with Crippen molar-refractivity contribution in [2.45, 2.75) is 4.58 Å². The molecule has 0 bridgehead atoms. The molecule has 0 aliphatic carbocycles. The predicted molar refractivity (Wildman–Crippen MR) is 51.9 cm³/mol. The first-order valence-corrected chi connectivity index (χ1v) is 5.71. The van der Waals surface area contributed by atoms with Crippen LogP contribution in [-0.4, -0.2) is 16.5 Å². The van der Waals surface area contributed by atoms with Gasteiger partial charge < -0.3 is 0 Å². The molecule has 0 amide bonds. The summed E-state index contributed by atoms with van der Waals surface area (Å²) in [7, 11) is 0. The maximum Gasteiger partial charge on any atom is 0.0922 e. The van der Waals surface area contributed by atoms with Crippen LogP contribution >= 0.6 is 23.5 Å². The van der Waals surface area contributed by atoms with E-state index in [-0.39, 0.29) is 0 Å². The quantitative estimate of drug-likeness (QED) is 0.664. The van der Waals surface area contributed by atoms with Gasteiger partial charge in [-0.1, -0.05) is 6.07 Å². The van der Waals surface area contributed by atoms with Crippen molar-refractivity contribution in [3.05, 3.63) is 30.1 Å². The lowest BCUT2D eigenvalue weighted by atomic mass is 10.4. The Morgan fingerprint density at radius 1 is 1.27 bits per heavy atom. The summed E-state index contributed by atoms with van der Waals surface area (Å²) in [5.74, 6) is 2.54. The molecule has 1 aromatic heterocycles. The minimum absolute atomic E-state index is 0.594. The molecule has 1 saturated heterocycles. The molecule has 1 nitrogen and oxygen atoms in total. The molecule has 0 N–H and O–H groups in total. The van der Waals surface area contributed by atoms with E-state index in [1.807, 2.05) is 35.8 Å². The van der Waals surface area contributed by atoms with Gasteiger partial charge in [0.25, 0.3) is 0 Å². The third-order valence-corrected chi connectivity index (χ3v) is 4.59. The van der Waals surface area contributed by atoms with Crippen LogP contribution in [-0.2, 0) is 0 Å². The van der Waals surface area contributed by atoms with E-state index in [0.29, 0.717) is 4.58 Å². The van der Waals surface area contributed by atoms with Crippen LogP contribution in [0.5, 0.6) is 0 Å². The Morgan fingerprint density at radius 3 is 2.73 bits per heavy atom. The van der Waals surface area contributed by atoms with E-state index in [1.54, 1.807) is 0 Å². The van der Waals surface area contributed by atoms with Gasteiger partial charge in [-0.25, -0.2) is 0 Å². The van der Waals surface area contributed by atoms with E-state index >= 15 is 0 Å². The minimum Gasteiger partial charge on any atom is -0.259 e. The molecule has 2 rings (SSSR count). The molecule has 0 spiro atoms. The molecule has 0 atom stereocenters. The van der Waals surface area contributed by atoms with Gasteiger partial charge in [0.05, 0.1) is 10.3 Å². The molecule has 0 aromatic carbocycles. The number of hydrogen-bond donors (Lipinski definition) is 0. The van der Waals surface area contributed by atoms with Gasteiger partial charge in [-0.3, -0.25) is 4.98 Å². The molecule has 0 saturated carbocycles. The molecule has 58 valence electrons. The van der Waals surface area contributed by atoms with Crippen molar-refractivity contribution in [1.82, 2.24) is 4.98 Å². The first-order chi connectivity index (χ1) is 5.47. The summed E-state index contributed by atoms with van der Waals surface area (Å²) in [6, 6.07) is 6.13. The summed E-state index contributed by atoms with van der Waals surface area (Å²) in [6.07, 6.45) is 1.87. The van der Waals surface area contributed by atoms with Crippen molar-refractivity contribution >= 4 is 23.5 Å². The van der Waals surface area contributed by atoms with Gasteiger partial charge in [0.2, 0.25) is 0 Å². The van der Waals surface area contributed by atoms with Crippen LogP contribution in [0.2, 0.25) is 0 Å². The van der Waals surface area contributed by atoms with Crippen molar-refractivity contribution in [1.29, 1.82) is 0 Å². The minimum atomic E-state index is 0.594. The van der Waals surface area contributed by atoms with Crippen LogP contribution in [0.1, 0.15) is 10.3 Å². The van der Waals surface area contributed by atoms with Crippen molar-refractivity contribution < 1.29 is 0 Å². The summed E-state index contributed by atoms with van der Waals surface area (Å²) in [5, 5.41) is 0. The standard InChI is InChI=1S/C8H9NS2/c1-2-4-9-7(3-1)8-10-5-6-11-8/h1-4,8H,5-6H2. The van der Waals surface area contributed by atoms with Crippen LogP contribution in [0.25, 0.3) is 0 Å². The molecule has 0 radical (unpaired) electrons. The summed E-state index contributed by atoms with van der Waals surface area (Å²) in [6.45, 7) is 0. The van der Waals surface area contributed by atoms with Gasteiger partial charge in [-0.15, -0.1) is 23.5 Å². The SMILES string of the molecule is c1ccc(C2SCCS2)nc1. The van der Waals surface area contributed by atoms with E-state index in [1.165, 1.54) is 17.2 Å². The Morgan fingerprint density at radius 2 is 2.09 bits per heavy atom. The first-order valence-electron chi connectivity index (χ1n) is 3.61. The third-order valence-electron chi connectivity index (χ3n) is 1.55. The Balaban J connectivity index is 2.16. The van der Waals surface area contributed by atoms with E-state index in [9.17, 15) is 0 Å². The predicted octanol–water partition coefficient (Wildman–Crippen LogP) is 2.56. The lowest BCUT2D eigenvalue weighted by Crippen LogP contribution is -1.87. The Labute approximate surface area is 75.0 Å². The van der Waals surface area contributed by atoms with Gasteiger partial charge in [0.15, 0.2) is 0 Å². The smallest absolute Gasteiger partial charge is 0.0922 e. The number of pyridine rings is 1. The summed E-state index contributed by atoms with van der Waals surface area (Å²) in [4.78, 5) is 4.32. The van der Waals surface area contributed by atoms with Crippen molar-refractivity contribution in [3.63, 3.8) is 0 Å².